The highest BCUT2D eigenvalue weighted by atomic mass is 31.2. The minimum absolute atomic E-state index is 0.0181. The molecule has 0 aliphatic heterocycles. The lowest BCUT2D eigenvalue weighted by atomic mass is 10.3. The standard InChI is InChI=1S/C9H12NO7P/c11-6-1-7-16-18(14,15)17-9-4-2-8(3-5-9)10(12)13/h2-5,11H,1,6-7H2,(H,14,15). The Morgan fingerprint density at radius 2 is 1.94 bits per heavy atom. The maximum Gasteiger partial charge on any atom is 0.527 e. The molecule has 8 nitrogen and oxygen atoms in total. The van der Waals surface area contributed by atoms with Gasteiger partial charge in [0.2, 0.25) is 0 Å². The highest BCUT2D eigenvalue weighted by Gasteiger charge is 2.22. The molecule has 18 heavy (non-hydrogen) atoms. The molecule has 9 heteroatoms. The van der Waals surface area contributed by atoms with Crippen LogP contribution in [0.25, 0.3) is 0 Å². The number of aliphatic hydroxyl groups excluding tert-OH is 1. The Morgan fingerprint density at radius 1 is 1.33 bits per heavy atom. The van der Waals surface area contributed by atoms with Crippen LogP contribution >= 0.6 is 7.82 Å². The van der Waals surface area contributed by atoms with Crippen LogP contribution in [-0.4, -0.2) is 28.1 Å². The molecule has 0 fully saturated rings. The Kier molecular flexibility index (Phi) is 5.24. The second-order valence-electron chi connectivity index (χ2n) is 3.22. The molecule has 0 spiro atoms. The van der Waals surface area contributed by atoms with Crippen LogP contribution in [0.4, 0.5) is 5.69 Å². The third-order valence-electron chi connectivity index (χ3n) is 1.83. The number of non-ortho nitro benzene ring substituents is 1. The summed E-state index contributed by atoms with van der Waals surface area (Å²) in [6, 6.07) is 4.67. The van der Waals surface area contributed by atoms with Crippen molar-refractivity contribution in [3.8, 4) is 5.75 Å². The zero-order valence-corrected chi connectivity index (χ0v) is 10.2. The van der Waals surface area contributed by atoms with Gasteiger partial charge in [0.1, 0.15) is 5.75 Å². The van der Waals surface area contributed by atoms with Gasteiger partial charge >= 0.3 is 7.82 Å². The Morgan fingerprint density at radius 3 is 2.44 bits per heavy atom. The van der Waals surface area contributed by atoms with E-state index in [1.807, 2.05) is 0 Å². The number of nitro groups is 1. The lowest BCUT2D eigenvalue weighted by molar-refractivity contribution is -0.384. The van der Waals surface area contributed by atoms with Crippen LogP contribution in [-0.2, 0) is 9.09 Å². The van der Waals surface area contributed by atoms with Gasteiger partial charge in [0, 0.05) is 18.7 Å². The van der Waals surface area contributed by atoms with Gasteiger partial charge in [-0.1, -0.05) is 0 Å². The molecular weight excluding hydrogens is 265 g/mol. The molecule has 0 saturated carbocycles. The SMILES string of the molecule is O=[N+]([O-])c1ccc(OP(=O)(O)OCCCO)cc1. The van der Waals surface area contributed by atoms with Crippen molar-refractivity contribution in [2.24, 2.45) is 0 Å². The normalized spacial score (nSPS) is 13.9. The summed E-state index contributed by atoms with van der Waals surface area (Å²) in [5, 5.41) is 18.9. The molecule has 100 valence electrons. The zero-order chi connectivity index (χ0) is 13.6. The summed E-state index contributed by atoms with van der Waals surface area (Å²) in [6.07, 6.45) is 0.203. The van der Waals surface area contributed by atoms with Crippen LogP contribution in [0.3, 0.4) is 0 Å². The number of nitro benzene ring substituents is 1. The van der Waals surface area contributed by atoms with Crippen molar-refractivity contribution in [2.75, 3.05) is 13.2 Å². The number of benzene rings is 1. The third-order valence-corrected chi connectivity index (χ3v) is 2.78. The minimum Gasteiger partial charge on any atom is -0.404 e. The topological polar surface area (TPSA) is 119 Å². The smallest absolute Gasteiger partial charge is 0.404 e. The van der Waals surface area contributed by atoms with E-state index in [1.165, 1.54) is 12.1 Å². The molecule has 0 saturated heterocycles. The van der Waals surface area contributed by atoms with Gasteiger partial charge in [-0.25, -0.2) is 4.57 Å². The van der Waals surface area contributed by atoms with Gasteiger partial charge < -0.3 is 9.63 Å². The fourth-order valence-corrected chi connectivity index (χ4v) is 1.83. The van der Waals surface area contributed by atoms with Gasteiger partial charge in [-0.15, -0.1) is 0 Å². The lowest BCUT2D eigenvalue weighted by Crippen LogP contribution is -2.00. The van der Waals surface area contributed by atoms with Gasteiger partial charge in [-0.05, 0) is 18.6 Å². The molecule has 0 heterocycles. The average Bonchev–Trinajstić information content (AvgIpc) is 2.29. The van der Waals surface area contributed by atoms with Crippen molar-refractivity contribution in [3.05, 3.63) is 34.4 Å². The summed E-state index contributed by atoms with van der Waals surface area (Å²) in [5.74, 6) is -0.0181. The summed E-state index contributed by atoms with van der Waals surface area (Å²) in [6.45, 7) is -0.297. The summed E-state index contributed by atoms with van der Waals surface area (Å²) >= 11 is 0. The molecule has 1 aromatic rings. The molecule has 1 rings (SSSR count). The number of aliphatic hydroxyl groups is 1. The predicted octanol–water partition coefficient (Wildman–Crippen LogP) is 1.47. The molecule has 2 N–H and O–H groups in total. The minimum atomic E-state index is -4.26. The highest BCUT2D eigenvalue weighted by molar-refractivity contribution is 7.47. The quantitative estimate of drug-likeness (QED) is 0.335. The van der Waals surface area contributed by atoms with Crippen LogP contribution in [0.1, 0.15) is 6.42 Å². The van der Waals surface area contributed by atoms with Gasteiger partial charge in [-0.2, -0.15) is 0 Å². The molecule has 0 bridgehead atoms. The first-order valence-corrected chi connectivity index (χ1v) is 6.46. The Labute approximate surface area is 103 Å². The molecule has 0 radical (unpaired) electrons. The van der Waals surface area contributed by atoms with Crippen molar-refractivity contribution in [3.63, 3.8) is 0 Å². The van der Waals surface area contributed by atoms with E-state index in [0.29, 0.717) is 0 Å². The maximum atomic E-state index is 11.4. The highest BCUT2D eigenvalue weighted by Crippen LogP contribution is 2.43. The number of rotatable bonds is 7. The predicted molar refractivity (Wildman–Crippen MR) is 61.2 cm³/mol. The van der Waals surface area contributed by atoms with E-state index in [9.17, 15) is 19.6 Å². The van der Waals surface area contributed by atoms with Crippen LogP contribution in [0.5, 0.6) is 5.75 Å². The fraction of sp³-hybridized carbons (Fsp3) is 0.333. The van der Waals surface area contributed by atoms with Crippen LogP contribution in [0.15, 0.2) is 24.3 Å². The first kappa shape index (κ1) is 14.6. The number of phosphoric ester groups is 1. The number of phosphoric acid groups is 1. The van der Waals surface area contributed by atoms with E-state index < -0.39 is 12.7 Å². The number of hydrogen-bond donors (Lipinski definition) is 2. The van der Waals surface area contributed by atoms with Crippen molar-refractivity contribution >= 4 is 13.5 Å². The lowest BCUT2D eigenvalue weighted by Gasteiger charge is -2.12. The van der Waals surface area contributed by atoms with E-state index >= 15 is 0 Å². The zero-order valence-electron chi connectivity index (χ0n) is 9.26. The van der Waals surface area contributed by atoms with Gasteiger partial charge in [0.15, 0.2) is 0 Å². The first-order valence-electron chi connectivity index (χ1n) is 4.97. The Hall–Kier alpha value is -1.47. The van der Waals surface area contributed by atoms with Crippen LogP contribution in [0.2, 0.25) is 0 Å². The van der Waals surface area contributed by atoms with Crippen LogP contribution in [0, 0.1) is 10.1 Å². The summed E-state index contributed by atoms with van der Waals surface area (Å²) in [7, 11) is -4.26. The van der Waals surface area contributed by atoms with Gasteiger partial charge in [0.25, 0.3) is 5.69 Å². The number of nitrogens with zero attached hydrogens (tertiary/aromatic N) is 1. The Balaban J connectivity index is 2.60. The molecule has 1 unspecified atom stereocenters. The average molecular weight is 277 g/mol. The van der Waals surface area contributed by atoms with E-state index in [0.717, 1.165) is 12.1 Å². The summed E-state index contributed by atoms with van der Waals surface area (Å²) in [5.41, 5.74) is -0.156. The monoisotopic (exact) mass is 277 g/mol. The fourth-order valence-electron chi connectivity index (χ4n) is 1.03. The maximum absolute atomic E-state index is 11.4. The van der Waals surface area contributed by atoms with Crippen molar-refractivity contribution in [1.82, 2.24) is 0 Å². The van der Waals surface area contributed by atoms with Crippen molar-refractivity contribution in [1.29, 1.82) is 0 Å². The first-order chi connectivity index (χ1) is 8.44. The molecule has 0 aliphatic rings. The second kappa shape index (κ2) is 6.46. The molecule has 1 aromatic carbocycles. The van der Waals surface area contributed by atoms with Gasteiger partial charge in [0.05, 0.1) is 11.5 Å². The van der Waals surface area contributed by atoms with E-state index in [1.54, 1.807) is 0 Å². The van der Waals surface area contributed by atoms with Gasteiger partial charge in [-0.3, -0.25) is 19.5 Å². The van der Waals surface area contributed by atoms with E-state index in [-0.39, 0.29) is 31.1 Å². The molecular formula is C9H12NO7P. The van der Waals surface area contributed by atoms with E-state index in [4.69, 9.17) is 5.11 Å². The largest absolute Gasteiger partial charge is 0.527 e. The molecule has 1 atom stereocenters. The molecule has 0 aromatic heterocycles. The summed E-state index contributed by atoms with van der Waals surface area (Å²) in [4.78, 5) is 19.1. The van der Waals surface area contributed by atoms with Crippen LogP contribution < -0.4 is 4.52 Å². The molecule has 0 amide bonds. The van der Waals surface area contributed by atoms with E-state index in [2.05, 4.69) is 9.05 Å². The Bertz CT molecular complexity index is 447. The second-order valence-corrected chi connectivity index (χ2v) is 4.60. The third kappa shape index (κ3) is 4.80. The van der Waals surface area contributed by atoms with Crippen molar-refractivity contribution < 1.29 is 28.5 Å². The number of hydrogen-bond acceptors (Lipinski definition) is 6. The molecule has 0 aliphatic carbocycles. The summed E-state index contributed by atoms with van der Waals surface area (Å²) < 4.78 is 20.6. The van der Waals surface area contributed by atoms with Crippen molar-refractivity contribution in [2.45, 2.75) is 6.42 Å².